The van der Waals surface area contributed by atoms with Gasteiger partial charge in [0.1, 0.15) is 13.2 Å². The van der Waals surface area contributed by atoms with E-state index in [0.717, 1.165) is 57.8 Å². The molecule has 1 atom stereocenters. The van der Waals surface area contributed by atoms with Crippen LogP contribution >= 0.6 is 0 Å². The molecule has 0 heterocycles. The second-order valence-corrected chi connectivity index (χ2v) is 22.1. The molecular weight excluding hydrogens is 865 g/mol. The highest BCUT2D eigenvalue weighted by Gasteiger charge is 2.19. The minimum atomic E-state index is -0.760. The molecule has 0 bridgehead atoms. The zero-order valence-corrected chi connectivity index (χ0v) is 47.8. The van der Waals surface area contributed by atoms with Gasteiger partial charge >= 0.3 is 17.9 Å². The van der Waals surface area contributed by atoms with Gasteiger partial charge in [-0.1, -0.05) is 335 Å². The Balaban J connectivity index is 3.99. The largest absolute Gasteiger partial charge is 0.462 e. The van der Waals surface area contributed by atoms with E-state index in [9.17, 15) is 14.4 Å². The van der Waals surface area contributed by atoms with Crippen LogP contribution in [0.3, 0.4) is 0 Å². The first-order valence-corrected chi connectivity index (χ1v) is 32.0. The third kappa shape index (κ3) is 57.3. The summed E-state index contributed by atoms with van der Waals surface area (Å²) in [6, 6.07) is 0. The predicted octanol–water partition coefficient (Wildman–Crippen LogP) is 21.5. The molecule has 0 aliphatic carbocycles. The summed E-state index contributed by atoms with van der Waals surface area (Å²) in [6.45, 7) is 6.66. The van der Waals surface area contributed by atoms with Crippen molar-refractivity contribution in [1.29, 1.82) is 0 Å². The SMILES string of the molecule is CCCCCCCCCCCCCCCCCCCCCCCCCCCCC(=O)OCC(COC(=O)CCCCCCCC)OC(=O)CCCCCCCCCCCCCCCCCCCCCC. The number of esters is 3. The Kier molecular flexibility index (Phi) is 58.6. The lowest BCUT2D eigenvalue weighted by Crippen LogP contribution is -2.30. The van der Waals surface area contributed by atoms with Crippen molar-refractivity contribution in [3.8, 4) is 0 Å². The van der Waals surface area contributed by atoms with Gasteiger partial charge in [0, 0.05) is 19.3 Å². The summed E-state index contributed by atoms with van der Waals surface area (Å²) in [5, 5.41) is 0. The summed E-state index contributed by atoms with van der Waals surface area (Å²) in [7, 11) is 0. The Bertz CT molecular complexity index is 1040. The molecule has 6 heteroatoms. The average Bonchev–Trinajstić information content (AvgIpc) is 3.36. The van der Waals surface area contributed by atoms with Crippen LogP contribution in [0.2, 0.25) is 0 Å². The number of hydrogen-bond acceptors (Lipinski definition) is 6. The first-order chi connectivity index (χ1) is 34.5. The van der Waals surface area contributed by atoms with Crippen LogP contribution in [0, 0.1) is 0 Å². The van der Waals surface area contributed by atoms with Gasteiger partial charge in [0.05, 0.1) is 0 Å². The van der Waals surface area contributed by atoms with E-state index in [-0.39, 0.29) is 31.1 Å². The molecular formula is C64H124O6. The normalized spacial score (nSPS) is 11.9. The molecule has 1 unspecified atom stereocenters. The Morgan fingerprint density at radius 1 is 0.229 bits per heavy atom. The first-order valence-electron chi connectivity index (χ1n) is 32.0. The fraction of sp³-hybridized carbons (Fsp3) is 0.953. The van der Waals surface area contributed by atoms with Crippen LogP contribution in [-0.4, -0.2) is 37.2 Å². The van der Waals surface area contributed by atoms with Gasteiger partial charge in [-0.3, -0.25) is 14.4 Å². The minimum Gasteiger partial charge on any atom is -0.462 e. The Hall–Kier alpha value is -1.59. The van der Waals surface area contributed by atoms with E-state index in [1.54, 1.807) is 0 Å². The van der Waals surface area contributed by atoms with E-state index in [2.05, 4.69) is 20.8 Å². The maximum absolute atomic E-state index is 12.8. The van der Waals surface area contributed by atoms with Crippen LogP contribution in [0.4, 0.5) is 0 Å². The highest BCUT2D eigenvalue weighted by atomic mass is 16.6. The van der Waals surface area contributed by atoms with Crippen molar-refractivity contribution in [2.45, 2.75) is 380 Å². The summed E-state index contributed by atoms with van der Waals surface area (Å²) in [4.78, 5) is 38.0. The van der Waals surface area contributed by atoms with Crippen LogP contribution in [0.5, 0.6) is 0 Å². The molecule has 0 saturated heterocycles. The van der Waals surface area contributed by atoms with Crippen molar-refractivity contribution >= 4 is 17.9 Å². The van der Waals surface area contributed by atoms with Gasteiger partial charge in [-0.25, -0.2) is 0 Å². The van der Waals surface area contributed by atoms with Gasteiger partial charge in [-0.2, -0.15) is 0 Å². The number of rotatable bonds is 60. The van der Waals surface area contributed by atoms with Gasteiger partial charge < -0.3 is 14.2 Å². The molecule has 0 aromatic rings. The van der Waals surface area contributed by atoms with E-state index in [0.29, 0.717) is 19.3 Å². The van der Waals surface area contributed by atoms with Crippen LogP contribution in [0.25, 0.3) is 0 Å². The molecule has 0 aromatic carbocycles. The zero-order valence-electron chi connectivity index (χ0n) is 47.8. The molecule has 416 valence electrons. The average molecular weight is 990 g/mol. The number of ether oxygens (including phenoxy) is 3. The quantitative estimate of drug-likeness (QED) is 0.0343. The molecule has 6 nitrogen and oxygen atoms in total. The molecule has 0 aliphatic rings. The molecule has 0 N–H and O–H groups in total. The lowest BCUT2D eigenvalue weighted by Gasteiger charge is -2.18. The van der Waals surface area contributed by atoms with Crippen molar-refractivity contribution in [2.24, 2.45) is 0 Å². The fourth-order valence-electron chi connectivity index (χ4n) is 10.0. The van der Waals surface area contributed by atoms with E-state index < -0.39 is 6.10 Å². The molecule has 0 fully saturated rings. The van der Waals surface area contributed by atoms with E-state index >= 15 is 0 Å². The highest BCUT2D eigenvalue weighted by Crippen LogP contribution is 2.19. The Morgan fingerprint density at radius 3 is 0.571 bits per heavy atom. The molecule has 0 saturated carbocycles. The van der Waals surface area contributed by atoms with Crippen LogP contribution in [0.15, 0.2) is 0 Å². The van der Waals surface area contributed by atoms with Crippen LogP contribution in [0.1, 0.15) is 374 Å². The molecule has 0 radical (unpaired) electrons. The van der Waals surface area contributed by atoms with Gasteiger partial charge in [-0.15, -0.1) is 0 Å². The topological polar surface area (TPSA) is 78.9 Å². The molecule has 0 spiro atoms. The van der Waals surface area contributed by atoms with Gasteiger partial charge in [0.2, 0.25) is 0 Å². The van der Waals surface area contributed by atoms with Crippen molar-refractivity contribution in [1.82, 2.24) is 0 Å². The smallest absolute Gasteiger partial charge is 0.306 e. The van der Waals surface area contributed by atoms with Crippen molar-refractivity contribution in [3.63, 3.8) is 0 Å². The lowest BCUT2D eigenvalue weighted by atomic mass is 10.0. The number of carbonyl (C=O) groups is 3. The van der Waals surface area contributed by atoms with Crippen LogP contribution in [-0.2, 0) is 28.6 Å². The monoisotopic (exact) mass is 989 g/mol. The van der Waals surface area contributed by atoms with Gasteiger partial charge in [0.25, 0.3) is 0 Å². The predicted molar refractivity (Wildman–Crippen MR) is 303 cm³/mol. The second kappa shape index (κ2) is 60.0. The number of hydrogen-bond donors (Lipinski definition) is 0. The second-order valence-electron chi connectivity index (χ2n) is 22.1. The summed E-state index contributed by atoms with van der Waals surface area (Å²) in [5.41, 5.74) is 0. The van der Waals surface area contributed by atoms with Gasteiger partial charge in [-0.05, 0) is 19.3 Å². The summed E-state index contributed by atoms with van der Waals surface area (Å²) < 4.78 is 16.8. The molecule has 0 aliphatic heterocycles. The Morgan fingerprint density at radius 2 is 0.386 bits per heavy atom. The third-order valence-electron chi connectivity index (χ3n) is 14.9. The summed E-state index contributed by atoms with van der Waals surface area (Å²) in [5.74, 6) is -0.841. The summed E-state index contributed by atoms with van der Waals surface area (Å²) >= 11 is 0. The van der Waals surface area contributed by atoms with E-state index in [1.165, 1.54) is 276 Å². The standard InChI is InChI=1S/C64H124O6/c1-4-7-10-13-16-18-20-22-24-26-28-30-31-32-33-34-35-37-38-40-42-44-46-48-51-54-57-63(66)69-60-61(59-68-62(65)56-53-50-15-12-9-6-3)70-64(67)58-55-52-49-47-45-43-41-39-36-29-27-25-23-21-19-17-14-11-8-5-2/h61H,4-60H2,1-3H3. The van der Waals surface area contributed by atoms with E-state index in [4.69, 9.17) is 14.2 Å². The van der Waals surface area contributed by atoms with E-state index in [1.807, 2.05) is 0 Å². The van der Waals surface area contributed by atoms with Gasteiger partial charge in [0.15, 0.2) is 6.10 Å². The minimum absolute atomic E-state index is 0.0619. The third-order valence-corrected chi connectivity index (χ3v) is 14.9. The number of unbranched alkanes of at least 4 members (excludes halogenated alkanes) is 49. The first kappa shape index (κ1) is 68.4. The van der Waals surface area contributed by atoms with Crippen molar-refractivity contribution < 1.29 is 28.6 Å². The maximum atomic E-state index is 12.8. The van der Waals surface area contributed by atoms with Crippen molar-refractivity contribution in [3.05, 3.63) is 0 Å². The van der Waals surface area contributed by atoms with Crippen molar-refractivity contribution in [2.75, 3.05) is 13.2 Å². The summed E-state index contributed by atoms with van der Waals surface area (Å²) in [6.07, 6.45) is 68.7. The molecule has 70 heavy (non-hydrogen) atoms. The molecule has 0 amide bonds. The Labute approximate surface area is 438 Å². The fourth-order valence-corrected chi connectivity index (χ4v) is 10.0. The molecule has 0 aromatic heterocycles. The lowest BCUT2D eigenvalue weighted by molar-refractivity contribution is -0.167. The van der Waals surface area contributed by atoms with Crippen LogP contribution < -0.4 is 0 Å². The highest BCUT2D eigenvalue weighted by molar-refractivity contribution is 5.71. The zero-order chi connectivity index (χ0) is 50.7. The molecule has 0 rings (SSSR count). The maximum Gasteiger partial charge on any atom is 0.306 e. The number of carbonyl (C=O) groups excluding carboxylic acids is 3.